The number of nitro groups is 1. The number of nitro benzene ring substituents is 1. The average molecular weight is 326 g/mol. The van der Waals surface area contributed by atoms with Crippen molar-refractivity contribution in [2.75, 3.05) is 0 Å². The van der Waals surface area contributed by atoms with Crippen LogP contribution < -0.4 is 0 Å². The maximum Gasteiger partial charge on any atom is 0.272 e. The van der Waals surface area contributed by atoms with Crippen molar-refractivity contribution in [3.05, 3.63) is 74.8 Å². The SMILES string of the molecule is Cc1cc(CCl)ccc1[N+](=O)[O-].Cc1cccc(CCl)c1. The third-order valence-electron chi connectivity index (χ3n) is 2.85. The zero-order valence-corrected chi connectivity index (χ0v) is 13.5. The highest BCUT2D eigenvalue weighted by Crippen LogP contribution is 2.19. The van der Waals surface area contributed by atoms with E-state index in [9.17, 15) is 10.1 Å². The molecule has 0 fully saturated rings. The Morgan fingerprint density at radius 3 is 2.05 bits per heavy atom. The average Bonchev–Trinajstić information content (AvgIpc) is 2.47. The fraction of sp³-hybridized carbons (Fsp3) is 0.250. The first kappa shape index (κ1) is 17.5. The lowest BCUT2D eigenvalue weighted by Gasteiger charge is -1.98. The number of hydrogen-bond donors (Lipinski definition) is 0. The molecule has 0 unspecified atom stereocenters. The summed E-state index contributed by atoms with van der Waals surface area (Å²) >= 11 is 11.2. The van der Waals surface area contributed by atoms with Gasteiger partial charge in [-0.05, 0) is 31.0 Å². The van der Waals surface area contributed by atoms with Crippen LogP contribution in [0.1, 0.15) is 22.3 Å². The van der Waals surface area contributed by atoms with Crippen LogP contribution in [-0.4, -0.2) is 4.92 Å². The van der Waals surface area contributed by atoms with E-state index >= 15 is 0 Å². The highest BCUT2D eigenvalue weighted by atomic mass is 35.5. The highest BCUT2D eigenvalue weighted by Gasteiger charge is 2.08. The Bertz CT molecular complexity index is 615. The lowest BCUT2D eigenvalue weighted by molar-refractivity contribution is -0.385. The van der Waals surface area contributed by atoms with Crippen molar-refractivity contribution in [2.24, 2.45) is 0 Å². The first-order valence-corrected chi connectivity index (χ1v) is 7.46. The molecule has 0 radical (unpaired) electrons. The Kier molecular flexibility index (Phi) is 7.20. The van der Waals surface area contributed by atoms with Gasteiger partial charge in [0.05, 0.1) is 4.92 Å². The van der Waals surface area contributed by atoms with Gasteiger partial charge in [-0.25, -0.2) is 0 Å². The molecular formula is C16H17Cl2NO2. The van der Waals surface area contributed by atoms with E-state index in [1.54, 1.807) is 19.1 Å². The second-order valence-electron chi connectivity index (χ2n) is 4.63. The predicted molar refractivity (Wildman–Crippen MR) is 88.1 cm³/mol. The van der Waals surface area contributed by atoms with Crippen molar-refractivity contribution in [3.8, 4) is 0 Å². The van der Waals surface area contributed by atoms with Crippen LogP contribution >= 0.6 is 23.2 Å². The van der Waals surface area contributed by atoms with Gasteiger partial charge < -0.3 is 0 Å². The van der Waals surface area contributed by atoms with Gasteiger partial charge in [0.1, 0.15) is 0 Å². The summed E-state index contributed by atoms with van der Waals surface area (Å²) in [6, 6.07) is 13.1. The zero-order valence-electron chi connectivity index (χ0n) is 12.0. The molecule has 0 aliphatic carbocycles. The number of benzene rings is 2. The van der Waals surface area contributed by atoms with Crippen molar-refractivity contribution in [2.45, 2.75) is 25.6 Å². The summed E-state index contributed by atoms with van der Waals surface area (Å²) in [6.45, 7) is 3.77. The van der Waals surface area contributed by atoms with E-state index in [0.29, 0.717) is 17.3 Å². The fourth-order valence-electron chi connectivity index (χ4n) is 1.80. The molecule has 0 spiro atoms. The summed E-state index contributed by atoms with van der Waals surface area (Å²) < 4.78 is 0. The second kappa shape index (κ2) is 8.65. The normalized spacial score (nSPS) is 9.71. The second-order valence-corrected chi connectivity index (χ2v) is 5.17. The smallest absolute Gasteiger partial charge is 0.258 e. The van der Waals surface area contributed by atoms with Gasteiger partial charge in [0, 0.05) is 23.4 Å². The van der Waals surface area contributed by atoms with Gasteiger partial charge in [0.25, 0.3) is 5.69 Å². The minimum atomic E-state index is -0.395. The van der Waals surface area contributed by atoms with Gasteiger partial charge in [-0.15, -0.1) is 23.2 Å². The van der Waals surface area contributed by atoms with Gasteiger partial charge in [0.2, 0.25) is 0 Å². The Balaban J connectivity index is 0.000000219. The monoisotopic (exact) mass is 325 g/mol. The third kappa shape index (κ3) is 5.74. The topological polar surface area (TPSA) is 43.1 Å². The van der Waals surface area contributed by atoms with Crippen LogP contribution in [0.5, 0.6) is 0 Å². The van der Waals surface area contributed by atoms with Crippen molar-refractivity contribution in [1.29, 1.82) is 0 Å². The first-order chi connectivity index (χ1) is 9.97. The molecule has 0 saturated heterocycles. The van der Waals surface area contributed by atoms with Crippen molar-refractivity contribution < 1.29 is 4.92 Å². The summed E-state index contributed by atoms with van der Waals surface area (Å²) in [5.74, 6) is 1.00. The molecule has 0 atom stereocenters. The standard InChI is InChI=1S/C8H8ClNO2.C8H9Cl/c1-6-4-7(5-9)2-3-8(6)10(11)12;1-7-3-2-4-8(5-7)6-9/h2-4H,5H2,1H3;2-5H,6H2,1H3. The molecule has 2 aromatic carbocycles. The molecule has 5 heteroatoms. The van der Waals surface area contributed by atoms with Gasteiger partial charge in [-0.2, -0.15) is 0 Å². The zero-order chi connectivity index (χ0) is 15.8. The number of rotatable bonds is 3. The fourth-order valence-corrected chi connectivity index (χ4v) is 2.13. The van der Waals surface area contributed by atoms with Crippen LogP contribution in [0.2, 0.25) is 0 Å². The summed E-state index contributed by atoms with van der Waals surface area (Å²) in [5, 5.41) is 10.4. The molecule has 2 rings (SSSR count). The molecule has 0 aromatic heterocycles. The van der Waals surface area contributed by atoms with Crippen LogP contribution in [0, 0.1) is 24.0 Å². The number of halogens is 2. The minimum absolute atomic E-state index is 0.142. The van der Waals surface area contributed by atoms with Crippen LogP contribution in [0.4, 0.5) is 5.69 Å². The number of aryl methyl sites for hydroxylation is 2. The Hall–Kier alpha value is -1.58. The molecule has 0 aliphatic rings. The molecule has 3 nitrogen and oxygen atoms in total. The molecule has 0 saturated carbocycles. The van der Waals surface area contributed by atoms with E-state index in [1.807, 2.05) is 12.1 Å². The largest absolute Gasteiger partial charge is 0.272 e. The molecule has 0 bridgehead atoms. The van der Waals surface area contributed by atoms with Crippen molar-refractivity contribution >= 4 is 28.9 Å². The molecule has 21 heavy (non-hydrogen) atoms. The lowest BCUT2D eigenvalue weighted by Crippen LogP contribution is -1.92. The number of hydrogen-bond acceptors (Lipinski definition) is 2. The molecule has 0 N–H and O–H groups in total. The van der Waals surface area contributed by atoms with E-state index in [0.717, 1.165) is 5.56 Å². The Labute approximate surface area is 134 Å². The molecule has 2 aromatic rings. The van der Waals surface area contributed by atoms with E-state index < -0.39 is 4.92 Å². The molecular weight excluding hydrogens is 309 g/mol. The van der Waals surface area contributed by atoms with Crippen LogP contribution in [0.25, 0.3) is 0 Å². The lowest BCUT2D eigenvalue weighted by atomic mass is 10.1. The maximum absolute atomic E-state index is 10.4. The minimum Gasteiger partial charge on any atom is -0.258 e. The molecule has 0 heterocycles. The van der Waals surface area contributed by atoms with Gasteiger partial charge in [-0.1, -0.05) is 35.9 Å². The summed E-state index contributed by atoms with van der Waals surface area (Å²) in [7, 11) is 0. The van der Waals surface area contributed by atoms with Crippen LogP contribution in [-0.2, 0) is 11.8 Å². The summed E-state index contributed by atoms with van der Waals surface area (Å²) in [5.41, 5.74) is 4.16. The van der Waals surface area contributed by atoms with Crippen LogP contribution in [0.15, 0.2) is 42.5 Å². The quantitative estimate of drug-likeness (QED) is 0.432. The van der Waals surface area contributed by atoms with E-state index in [1.165, 1.54) is 17.2 Å². The van der Waals surface area contributed by atoms with Gasteiger partial charge in [0.15, 0.2) is 0 Å². The number of alkyl halides is 2. The summed E-state index contributed by atoms with van der Waals surface area (Å²) in [4.78, 5) is 10.00. The van der Waals surface area contributed by atoms with E-state index in [-0.39, 0.29) is 5.69 Å². The molecule has 0 amide bonds. The maximum atomic E-state index is 10.4. The summed E-state index contributed by atoms with van der Waals surface area (Å²) in [6.07, 6.45) is 0. The third-order valence-corrected chi connectivity index (χ3v) is 3.47. The van der Waals surface area contributed by atoms with E-state index in [2.05, 4.69) is 19.1 Å². The highest BCUT2D eigenvalue weighted by molar-refractivity contribution is 6.17. The molecule has 0 aliphatic heterocycles. The first-order valence-electron chi connectivity index (χ1n) is 6.39. The predicted octanol–water partition coefficient (Wildman–Crippen LogP) is 5.38. The van der Waals surface area contributed by atoms with Crippen molar-refractivity contribution in [1.82, 2.24) is 0 Å². The van der Waals surface area contributed by atoms with E-state index in [4.69, 9.17) is 23.2 Å². The van der Waals surface area contributed by atoms with Gasteiger partial charge >= 0.3 is 0 Å². The van der Waals surface area contributed by atoms with Crippen LogP contribution in [0.3, 0.4) is 0 Å². The van der Waals surface area contributed by atoms with Gasteiger partial charge in [-0.3, -0.25) is 10.1 Å². The number of nitrogens with zero attached hydrogens (tertiary/aromatic N) is 1. The molecule has 112 valence electrons. The Morgan fingerprint density at radius 1 is 1.00 bits per heavy atom. The van der Waals surface area contributed by atoms with Crippen molar-refractivity contribution in [3.63, 3.8) is 0 Å². The Morgan fingerprint density at radius 2 is 1.62 bits per heavy atom.